The predicted molar refractivity (Wildman–Crippen MR) is 99.7 cm³/mol. The van der Waals surface area contributed by atoms with Crippen LogP contribution in [-0.4, -0.2) is 52.9 Å². The molecule has 0 bridgehead atoms. The van der Waals surface area contributed by atoms with Crippen molar-refractivity contribution in [2.75, 3.05) is 26.8 Å². The summed E-state index contributed by atoms with van der Waals surface area (Å²) < 4.78 is 11.0. The SMILES string of the molecule is CCOc1cc(CN2C[C@@H](Cc3cnccn3)[C@H](O)C2)c(Cl)cc1OC. The quantitative estimate of drug-likeness (QED) is 0.799. The second kappa shape index (κ2) is 8.66. The summed E-state index contributed by atoms with van der Waals surface area (Å²) in [5.74, 6) is 1.45. The standard InChI is InChI=1S/C19H24ClN3O3/c1-3-26-19-7-13(16(20)8-18(19)25-2)10-23-11-14(17(24)12-23)6-15-9-21-4-5-22-15/h4-5,7-9,14,17,24H,3,6,10-12H2,1-2H3/t14-,17-/m1/s1. The average molecular weight is 378 g/mol. The van der Waals surface area contributed by atoms with Gasteiger partial charge < -0.3 is 14.6 Å². The molecule has 3 rings (SSSR count). The highest BCUT2D eigenvalue weighted by Gasteiger charge is 2.32. The van der Waals surface area contributed by atoms with Gasteiger partial charge >= 0.3 is 0 Å². The second-order valence-corrected chi connectivity index (χ2v) is 6.86. The van der Waals surface area contributed by atoms with Gasteiger partial charge in [0.15, 0.2) is 11.5 Å². The van der Waals surface area contributed by atoms with Gasteiger partial charge in [0.1, 0.15) is 0 Å². The lowest BCUT2D eigenvalue weighted by atomic mass is 10.0. The molecule has 1 saturated heterocycles. The van der Waals surface area contributed by atoms with E-state index in [-0.39, 0.29) is 12.0 Å². The van der Waals surface area contributed by atoms with E-state index in [1.807, 2.05) is 13.0 Å². The first-order valence-electron chi connectivity index (χ1n) is 8.75. The molecule has 1 aromatic heterocycles. The van der Waals surface area contributed by atoms with Crippen molar-refractivity contribution in [3.8, 4) is 11.5 Å². The van der Waals surface area contributed by atoms with Crippen molar-refractivity contribution < 1.29 is 14.6 Å². The molecule has 1 fully saturated rings. The third-order valence-electron chi connectivity index (χ3n) is 4.60. The van der Waals surface area contributed by atoms with Gasteiger partial charge in [0.25, 0.3) is 0 Å². The fraction of sp³-hybridized carbons (Fsp3) is 0.474. The zero-order chi connectivity index (χ0) is 18.5. The van der Waals surface area contributed by atoms with Crippen LogP contribution in [-0.2, 0) is 13.0 Å². The van der Waals surface area contributed by atoms with Crippen LogP contribution in [0, 0.1) is 5.92 Å². The molecule has 7 heteroatoms. The predicted octanol–water partition coefficient (Wildman–Crippen LogP) is 2.57. The lowest BCUT2D eigenvalue weighted by Gasteiger charge is -2.18. The van der Waals surface area contributed by atoms with Gasteiger partial charge in [-0.2, -0.15) is 0 Å². The Balaban J connectivity index is 1.68. The van der Waals surface area contributed by atoms with Crippen LogP contribution < -0.4 is 9.47 Å². The minimum absolute atomic E-state index is 0.134. The van der Waals surface area contributed by atoms with E-state index in [0.717, 1.165) is 17.8 Å². The monoisotopic (exact) mass is 377 g/mol. The topological polar surface area (TPSA) is 67.7 Å². The number of ether oxygens (including phenoxy) is 2. The molecule has 2 heterocycles. The average Bonchev–Trinajstić information content (AvgIpc) is 2.97. The van der Waals surface area contributed by atoms with E-state index >= 15 is 0 Å². The Morgan fingerprint density at radius 1 is 1.27 bits per heavy atom. The summed E-state index contributed by atoms with van der Waals surface area (Å²) in [4.78, 5) is 10.6. The summed E-state index contributed by atoms with van der Waals surface area (Å²) in [6, 6.07) is 3.71. The molecule has 0 aliphatic carbocycles. The van der Waals surface area contributed by atoms with E-state index in [1.54, 1.807) is 31.8 Å². The summed E-state index contributed by atoms with van der Waals surface area (Å²) in [7, 11) is 1.60. The van der Waals surface area contributed by atoms with E-state index in [2.05, 4.69) is 14.9 Å². The lowest BCUT2D eigenvalue weighted by molar-refractivity contribution is 0.140. The van der Waals surface area contributed by atoms with Crippen LogP contribution >= 0.6 is 11.6 Å². The molecule has 140 valence electrons. The van der Waals surface area contributed by atoms with Crippen molar-refractivity contribution in [3.63, 3.8) is 0 Å². The van der Waals surface area contributed by atoms with Crippen molar-refractivity contribution in [2.45, 2.75) is 26.0 Å². The number of nitrogens with zero attached hydrogens (tertiary/aromatic N) is 3. The van der Waals surface area contributed by atoms with Crippen molar-refractivity contribution >= 4 is 11.6 Å². The summed E-state index contributed by atoms with van der Waals surface area (Å²) in [5, 5.41) is 11.1. The van der Waals surface area contributed by atoms with E-state index in [0.29, 0.717) is 42.6 Å². The summed E-state index contributed by atoms with van der Waals surface area (Å²) in [6.45, 7) is 4.53. The maximum atomic E-state index is 10.4. The molecule has 1 aliphatic rings. The summed E-state index contributed by atoms with van der Waals surface area (Å²) in [6.07, 6.45) is 5.42. The molecular formula is C19H24ClN3O3. The van der Waals surface area contributed by atoms with Crippen LogP contribution in [0.1, 0.15) is 18.2 Å². The van der Waals surface area contributed by atoms with Crippen LogP contribution in [0.3, 0.4) is 0 Å². The molecule has 0 amide bonds. The number of hydrogen-bond donors (Lipinski definition) is 1. The minimum atomic E-state index is -0.389. The zero-order valence-corrected chi connectivity index (χ0v) is 15.8. The van der Waals surface area contributed by atoms with Crippen LogP contribution in [0.25, 0.3) is 0 Å². The Morgan fingerprint density at radius 2 is 2.12 bits per heavy atom. The molecule has 0 saturated carbocycles. The fourth-order valence-corrected chi connectivity index (χ4v) is 3.56. The molecule has 0 radical (unpaired) electrons. The first-order chi connectivity index (χ1) is 12.6. The van der Waals surface area contributed by atoms with Gasteiger partial charge in [-0.05, 0) is 25.0 Å². The van der Waals surface area contributed by atoms with Crippen molar-refractivity contribution in [2.24, 2.45) is 5.92 Å². The maximum Gasteiger partial charge on any atom is 0.162 e. The molecule has 0 spiro atoms. The number of hydrogen-bond acceptors (Lipinski definition) is 6. The summed E-state index contributed by atoms with van der Waals surface area (Å²) in [5.41, 5.74) is 1.86. The number of rotatable bonds is 7. The molecular weight excluding hydrogens is 354 g/mol. The van der Waals surface area contributed by atoms with Gasteiger partial charge in [-0.3, -0.25) is 14.9 Å². The number of aromatic nitrogens is 2. The molecule has 0 unspecified atom stereocenters. The number of likely N-dealkylation sites (tertiary alicyclic amines) is 1. The number of benzene rings is 1. The van der Waals surface area contributed by atoms with Crippen LogP contribution in [0.2, 0.25) is 5.02 Å². The minimum Gasteiger partial charge on any atom is -0.493 e. The van der Waals surface area contributed by atoms with Gasteiger partial charge in [0.2, 0.25) is 0 Å². The Labute approximate surface area is 158 Å². The Bertz CT molecular complexity index is 729. The number of β-amino-alcohol motifs (C(OH)–C–C–N with tert-alkyl or cyclic N) is 1. The van der Waals surface area contributed by atoms with Crippen LogP contribution in [0.15, 0.2) is 30.7 Å². The highest BCUT2D eigenvalue weighted by Crippen LogP contribution is 2.34. The van der Waals surface area contributed by atoms with Crippen molar-refractivity contribution in [1.82, 2.24) is 14.9 Å². The number of aliphatic hydroxyl groups is 1. The van der Waals surface area contributed by atoms with Crippen molar-refractivity contribution in [3.05, 3.63) is 47.0 Å². The molecule has 1 aromatic carbocycles. The Morgan fingerprint density at radius 3 is 2.81 bits per heavy atom. The number of methoxy groups -OCH3 is 1. The van der Waals surface area contributed by atoms with E-state index in [1.165, 1.54) is 0 Å². The molecule has 6 nitrogen and oxygen atoms in total. The van der Waals surface area contributed by atoms with Gasteiger partial charge in [0.05, 0.1) is 25.5 Å². The van der Waals surface area contributed by atoms with E-state index in [4.69, 9.17) is 21.1 Å². The smallest absolute Gasteiger partial charge is 0.162 e. The van der Waals surface area contributed by atoms with Gasteiger partial charge in [-0.1, -0.05) is 11.6 Å². The summed E-state index contributed by atoms with van der Waals surface area (Å²) >= 11 is 6.42. The first kappa shape index (κ1) is 18.9. The molecule has 26 heavy (non-hydrogen) atoms. The van der Waals surface area contributed by atoms with Gasteiger partial charge in [-0.25, -0.2) is 0 Å². The highest BCUT2D eigenvalue weighted by molar-refractivity contribution is 6.31. The Kier molecular flexibility index (Phi) is 6.29. The second-order valence-electron chi connectivity index (χ2n) is 6.45. The third-order valence-corrected chi connectivity index (χ3v) is 4.95. The van der Waals surface area contributed by atoms with Gasteiger partial charge in [0, 0.05) is 55.2 Å². The lowest BCUT2D eigenvalue weighted by Crippen LogP contribution is -2.21. The fourth-order valence-electron chi connectivity index (χ4n) is 3.34. The zero-order valence-electron chi connectivity index (χ0n) is 15.1. The molecule has 1 N–H and O–H groups in total. The normalized spacial score (nSPS) is 20.3. The first-order valence-corrected chi connectivity index (χ1v) is 9.13. The molecule has 2 atom stereocenters. The van der Waals surface area contributed by atoms with E-state index in [9.17, 15) is 5.11 Å². The van der Waals surface area contributed by atoms with Gasteiger partial charge in [-0.15, -0.1) is 0 Å². The van der Waals surface area contributed by atoms with E-state index < -0.39 is 0 Å². The number of aliphatic hydroxyl groups excluding tert-OH is 1. The maximum absolute atomic E-state index is 10.4. The highest BCUT2D eigenvalue weighted by atomic mass is 35.5. The van der Waals surface area contributed by atoms with Crippen molar-refractivity contribution in [1.29, 1.82) is 0 Å². The third kappa shape index (κ3) is 4.44. The molecule has 1 aliphatic heterocycles. The number of halogens is 1. The van der Waals surface area contributed by atoms with Crippen LogP contribution in [0.5, 0.6) is 11.5 Å². The van der Waals surface area contributed by atoms with Crippen LogP contribution in [0.4, 0.5) is 0 Å². The largest absolute Gasteiger partial charge is 0.493 e. The molecule has 2 aromatic rings. The Hall–Kier alpha value is -1.89.